The van der Waals surface area contributed by atoms with Crippen molar-refractivity contribution in [2.24, 2.45) is 11.1 Å². The number of ether oxygens (including phenoxy) is 1. The predicted molar refractivity (Wildman–Crippen MR) is 50.3 cm³/mol. The van der Waals surface area contributed by atoms with E-state index < -0.39 is 24.3 Å². The second-order valence-electron chi connectivity index (χ2n) is 3.95. The molecule has 0 saturated heterocycles. The van der Waals surface area contributed by atoms with Gasteiger partial charge in [0, 0.05) is 18.6 Å². The third-order valence-corrected chi connectivity index (χ3v) is 2.56. The summed E-state index contributed by atoms with van der Waals surface area (Å²) < 4.78 is 39.6. The smallest absolute Gasteiger partial charge is 0.393 e. The van der Waals surface area contributed by atoms with E-state index in [1.807, 2.05) is 0 Å². The Hall–Kier alpha value is -0.330. The summed E-state index contributed by atoms with van der Waals surface area (Å²) in [6, 6.07) is 0. The van der Waals surface area contributed by atoms with E-state index in [0.717, 1.165) is 0 Å². The maximum atomic E-state index is 11.7. The van der Waals surface area contributed by atoms with Gasteiger partial charge in [-0.1, -0.05) is 6.92 Å². The number of hydrogen-bond donors (Lipinski definition) is 2. The standard InChI is InChI=1S/C9H18F3NO2/c1-7(14)8(2,5-13)3-4-15-6-9(10,11)12/h7,14H,3-6,13H2,1-2H3. The lowest BCUT2D eigenvalue weighted by molar-refractivity contribution is -0.176. The quantitative estimate of drug-likeness (QED) is 0.675. The van der Waals surface area contributed by atoms with Crippen LogP contribution in [-0.4, -0.2) is 37.1 Å². The molecule has 0 aromatic carbocycles. The lowest BCUT2D eigenvalue weighted by atomic mass is 9.82. The predicted octanol–water partition coefficient (Wildman–Crippen LogP) is 1.30. The van der Waals surface area contributed by atoms with Crippen LogP contribution in [0.1, 0.15) is 20.3 Å². The van der Waals surface area contributed by atoms with Crippen LogP contribution in [0.5, 0.6) is 0 Å². The number of halogens is 3. The summed E-state index contributed by atoms with van der Waals surface area (Å²) in [7, 11) is 0. The minimum atomic E-state index is -4.30. The molecule has 0 radical (unpaired) electrons. The fraction of sp³-hybridized carbons (Fsp3) is 1.00. The van der Waals surface area contributed by atoms with E-state index in [1.54, 1.807) is 13.8 Å². The highest BCUT2D eigenvalue weighted by atomic mass is 19.4. The third kappa shape index (κ3) is 5.96. The summed E-state index contributed by atoms with van der Waals surface area (Å²) in [4.78, 5) is 0. The Bertz CT molecular complexity index is 185. The van der Waals surface area contributed by atoms with Crippen molar-refractivity contribution in [3.8, 4) is 0 Å². The Kier molecular flexibility index (Phi) is 5.55. The summed E-state index contributed by atoms with van der Waals surface area (Å²) in [5, 5.41) is 9.37. The van der Waals surface area contributed by atoms with Crippen molar-refractivity contribution in [3.05, 3.63) is 0 Å². The van der Waals surface area contributed by atoms with Crippen LogP contribution in [0.4, 0.5) is 13.2 Å². The second-order valence-corrected chi connectivity index (χ2v) is 3.95. The second kappa shape index (κ2) is 5.67. The highest BCUT2D eigenvalue weighted by Gasteiger charge is 2.30. The van der Waals surface area contributed by atoms with Gasteiger partial charge in [-0.2, -0.15) is 13.2 Å². The first-order chi connectivity index (χ1) is 6.71. The van der Waals surface area contributed by atoms with E-state index in [9.17, 15) is 18.3 Å². The van der Waals surface area contributed by atoms with Gasteiger partial charge in [-0.05, 0) is 13.3 Å². The van der Waals surface area contributed by atoms with Gasteiger partial charge < -0.3 is 15.6 Å². The SMILES string of the molecule is CC(O)C(C)(CN)CCOCC(F)(F)F. The number of alkyl halides is 3. The van der Waals surface area contributed by atoms with Crippen LogP contribution in [0.2, 0.25) is 0 Å². The van der Waals surface area contributed by atoms with Gasteiger partial charge in [0.25, 0.3) is 0 Å². The average Bonchev–Trinajstić information content (AvgIpc) is 2.10. The Balaban J connectivity index is 3.84. The van der Waals surface area contributed by atoms with Crippen LogP contribution in [0.3, 0.4) is 0 Å². The van der Waals surface area contributed by atoms with Gasteiger partial charge in [-0.3, -0.25) is 0 Å². The first-order valence-corrected chi connectivity index (χ1v) is 4.74. The number of hydrogen-bond acceptors (Lipinski definition) is 3. The fourth-order valence-corrected chi connectivity index (χ4v) is 0.975. The molecule has 6 heteroatoms. The monoisotopic (exact) mass is 229 g/mol. The molecule has 0 aromatic heterocycles. The summed E-state index contributed by atoms with van der Waals surface area (Å²) >= 11 is 0. The molecule has 0 saturated carbocycles. The maximum Gasteiger partial charge on any atom is 0.411 e. The minimum Gasteiger partial charge on any atom is -0.393 e. The summed E-state index contributed by atoms with van der Waals surface area (Å²) in [5.41, 5.74) is 4.85. The Labute approximate surface area is 87.4 Å². The highest BCUT2D eigenvalue weighted by Crippen LogP contribution is 2.25. The van der Waals surface area contributed by atoms with Crippen molar-refractivity contribution < 1.29 is 23.0 Å². The van der Waals surface area contributed by atoms with Crippen molar-refractivity contribution in [2.45, 2.75) is 32.5 Å². The lowest BCUT2D eigenvalue weighted by Crippen LogP contribution is -2.38. The Morgan fingerprint density at radius 2 is 1.93 bits per heavy atom. The highest BCUT2D eigenvalue weighted by molar-refractivity contribution is 4.80. The van der Waals surface area contributed by atoms with Crippen molar-refractivity contribution >= 4 is 0 Å². The van der Waals surface area contributed by atoms with E-state index in [-0.39, 0.29) is 13.2 Å². The molecule has 2 unspecified atom stereocenters. The van der Waals surface area contributed by atoms with Crippen LogP contribution < -0.4 is 5.73 Å². The van der Waals surface area contributed by atoms with Crippen molar-refractivity contribution in [2.75, 3.05) is 19.8 Å². The average molecular weight is 229 g/mol. The van der Waals surface area contributed by atoms with Crippen molar-refractivity contribution in [1.29, 1.82) is 0 Å². The van der Waals surface area contributed by atoms with E-state index in [4.69, 9.17) is 5.73 Å². The van der Waals surface area contributed by atoms with E-state index in [0.29, 0.717) is 6.42 Å². The molecule has 2 atom stereocenters. The molecule has 3 nitrogen and oxygen atoms in total. The van der Waals surface area contributed by atoms with Gasteiger partial charge in [-0.15, -0.1) is 0 Å². The molecule has 0 rings (SSSR count). The zero-order valence-electron chi connectivity index (χ0n) is 8.97. The topological polar surface area (TPSA) is 55.5 Å². The number of aliphatic hydroxyl groups excluding tert-OH is 1. The first kappa shape index (κ1) is 14.7. The minimum absolute atomic E-state index is 0.0574. The van der Waals surface area contributed by atoms with Gasteiger partial charge >= 0.3 is 6.18 Å². The summed E-state index contributed by atoms with van der Waals surface area (Å²) in [6.07, 6.45) is -4.67. The van der Waals surface area contributed by atoms with Crippen LogP contribution in [-0.2, 0) is 4.74 Å². The number of rotatable bonds is 6. The van der Waals surface area contributed by atoms with Crippen LogP contribution in [0.15, 0.2) is 0 Å². The van der Waals surface area contributed by atoms with Crippen LogP contribution >= 0.6 is 0 Å². The molecule has 15 heavy (non-hydrogen) atoms. The van der Waals surface area contributed by atoms with Gasteiger partial charge in [-0.25, -0.2) is 0 Å². The van der Waals surface area contributed by atoms with Crippen LogP contribution in [0, 0.1) is 5.41 Å². The van der Waals surface area contributed by atoms with Gasteiger partial charge in [0.2, 0.25) is 0 Å². The molecule has 3 N–H and O–H groups in total. The Morgan fingerprint density at radius 1 is 1.40 bits per heavy atom. The molecule has 0 aliphatic heterocycles. The zero-order valence-corrected chi connectivity index (χ0v) is 8.97. The maximum absolute atomic E-state index is 11.7. The summed E-state index contributed by atoms with van der Waals surface area (Å²) in [5.74, 6) is 0. The largest absolute Gasteiger partial charge is 0.411 e. The molecule has 0 heterocycles. The molecule has 0 bridgehead atoms. The normalized spacial score (nSPS) is 18.6. The molecule has 0 aliphatic rings. The molecular weight excluding hydrogens is 211 g/mol. The number of nitrogens with two attached hydrogens (primary N) is 1. The van der Waals surface area contributed by atoms with Gasteiger partial charge in [0.1, 0.15) is 6.61 Å². The first-order valence-electron chi connectivity index (χ1n) is 4.74. The van der Waals surface area contributed by atoms with Crippen molar-refractivity contribution in [3.63, 3.8) is 0 Å². The van der Waals surface area contributed by atoms with E-state index in [1.165, 1.54) is 0 Å². The molecule has 0 aromatic rings. The third-order valence-electron chi connectivity index (χ3n) is 2.56. The molecule has 0 aliphatic carbocycles. The van der Waals surface area contributed by atoms with E-state index >= 15 is 0 Å². The zero-order chi connectivity index (χ0) is 12.1. The van der Waals surface area contributed by atoms with Crippen molar-refractivity contribution in [1.82, 2.24) is 0 Å². The molecule has 92 valence electrons. The summed E-state index contributed by atoms with van der Waals surface area (Å²) in [6.45, 7) is 2.18. The lowest BCUT2D eigenvalue weighted by Gasteiger charge is -2.31. The molecule has 0 fully saturated rings. The Morgan fingerprint density at radius 3 is 2.27 bits per heavy atom. The van der Waals surface area contributed by atoms with Crippen LogP contribution in [0.25, 0.3) is 0 Å². The molecule has 0 spiro atoms. The number of aliphatic hydroxyl groups is 1. The molecule has 0 amide bonds. The van der Waals surface area contributed by atoms with E-state index in [2.05, 4.69) is 4.74 Å². The van der Waals surface area contributed by atoms with Gasteiger partial charge in [0.05, 0.1) is 6.10 Å². The fourth-order valence-electron chi connectivity index (χ4n) is 0.975. The van der Waals surface area contributed by atoms with Gasteiger partial charge in [0.15, 0.2) is 0 Å². The molecular formula is C9H18F3NO2.